The third-order valence-electron chi connectivity index (χ3n) is 4.69. The molecule has 0 aliphatic carbocycles. The van der Waals surface area contributed by atoms with Crippen molar-refractivity contribution in [1.29, 1.82) is 0 Å². The van der Waals surface area contributed by atoms with Crippen molar-refractivity contribution < 1.29 is 4.79 Å². The molecular weight excluding hydrogens is 322 g/mol. The van der Waals surface area contributed by atoms with Crippen molar-refractivity contribution in [3.05, 3.63) is 77.6 Å². The minimum atomic E-state index is -0.118. The molecule has 4 heteroatoms. The molecule has 0 bridgehead atoms. The second-order valence-corrected chi connectivity index (χ2v) is 6.26. The second-order valence-electron chi connectivity index (χ2n) is 6.26. The van der Waals surface area contributed by atoms with Crippen LogP contribution in [0.5, 0.6) is 0 Å². The molecule has 1 amide bonds. The van der Waals surface area contributed by atoms with Crippen molar-refractivity contribution in [2.24, 2.45) is 0 Å². The smallest absolute Gasteiger partial charge is 0.256 e. The van der Waals surface area contributed by atoms with Crippen molar-refractivity contribution in [3.63, 3.8) is 0 Å². The molecule has 128 valence electrons. The van der Waals surface area contributed by atoms with Crippen LogP contribution in [-0.2, 0) is 6.42 Å². The first-order chi connectivity index (χ1) is 12.7. The van der Waals surface area contributed by atoms with Crippen LogP contribution in [0, 0.1) is 6.92 Å². The van der Waals surface area contributed by atoms with E-state index in [0.29, 0.717) is 5.56 Å². The van der Waals surface area contributed by atoms with Crippen LogP contribution in [0.3, 0.4) is 0 Å². The summed E-state index contributed by atoms with van der Waals surface area (Å²) >= 11 is 0. The van der Waals surface area contributed by atoms with Crippen molar-refractivity contribution in [3.8, 4) is 0 Å². The van der Waals surface area contributed by atoms with Crippen molar-refractivity contribution in [2.75, 3.05) is 5.32 Å². The molecule has 0 unspecified atom stereocenters. The summed E-state index contributed by atoms with van der Waals surface area (Å²) in [7, 11) is 0. The average Bonchev–Trinajstić information content (AvgIpc) is 2.67. The van der Waals surface area contributed by atoms with Gasteiger partial charge in [-0.2, -0.15) is 0 Å². The molecular formula is C22H19N3O. The van der Waals surface area contributed by atoms with Gasteiger partial charge in [0, 0.05) is 22.7 Å². The Bertz CT molecular complexity index is 1130. The third-order valence-corrected chi connectivity index (χ3v) is 4.69. The van der Waals surface area contributed by atoms with Crippen LogP contribution in [0.25, 0.3) is 21.8 Å². The Hall–Kier alpha value is -3.27. The maximum Gasteiger partial charge on any atom is 0.256 e. The minimum Gasteiger partial charge on any atom is -0.321 e. The standard InChI is InChI=1S/C22H19N3O/c1-3-17-14(2)21(16-8-4-5-10-20(16)24-17)22(26)25-19-12-6-11-18-15(19)9-7-13-23-18/h4-13H,3H2,1-2H3,(H,25,26). The summed E-state index contributed by atoms with van der Waals surface area (Å²) in [5.41, 5.74) is 5.04. The molecule has 2 aromatic carbocycles. The number of aromatic nitrogens is 2. The van der Waals surface area contributed by atoms with Gasteiger partial charge in [-0.1, -0.05) is 31.2 Å². The zero-order valence-corrected chi connectivity index (χ0v) is 14.8. The fourth-order valence-corrected chi connectivity index (χ4v) is 3.39. The molecule has 0 atom stereocenters. The van der Waals surface area contributed by atoms with E-state index >= 15 is 0 Å². The number of fused-ring (bicyclic) bond motifs is 2. The number of rotatable bonds is 3. The molecule has 26 heavy (non-hydrogen) atoms. The highest BCUT2D eigenvalue weighted by Crippen LogP contribution is 2.26. The molecule has 1 N–H and O–H groups in total. The lowest BCUT2D eigenvalue weighted by Crippen LogP contribution is -2.16. The lowest BCUT2D eigenvalue weighted by atomic mass is 9.99. The Kier molecular flexibility index (Phi) is 4.09. The minimum absolute atomic E-state index is 0.118. The Morgan fingerprint density at radius 2 is 1.73 bits per heavy atom. The summed E-state index contributed by atoms with van der Waals surface area (Å²) in [6.07, 6.45) is 2.54. The van der Waals surface area contributed by atoms with Crippen LogP contribution in [0.15, 0.2) is 60.8 Å². The van der Waals surface area contributed by atoms with Gasteiger partial charge in [-0.3, -0.25) is 14.8 Å². The Balaban J connectivity index is 1.85. The maximum absolute atomic E-state index is 13.2. The van der Waals surface area contributed by atoms with E-state index in [-0.39, 0.29) is 5.91 Å². The topological polar surface area (TPSA) is 54.9 Å². The number of hydrogen-bond acceptors (Lipinski definition) is 3. The molecule has 0 aliphatic heterocycles. The van der Waals surface area contributed by atoms with Crippen LogP contribution in [-0.4, -0.2) is 15.9 Å². The van der Waals surface area contributed by atoms with Gasteiger partial charge in [0.15, 0.2) is 0 Å². The number of nitrogens with one attached hydrogen (secondary N) is 1. The van der Waals surface area contributed by atoms with Gasteiger partial charge < -0.3 is 5.32 Å². The van der Waals surface area contributed by atoms with Crippen LogP contribution < -0.4 is 5.32 Å². The Morgan fingerprint density at radius 3 is 2.58 bits per heavy atom. The summed E-state index contributed by atoms with van der Waals surface area (Å²) in [6, 6.07) is 17.4. The van der Waals surface area contributed by atoms with Gasteiger partial charge in [-0.15, -0.1) is 0 Å². The number of para-hydroxylation sites is 1. The van der Waals surface area contributed by atoms with Gasteiger partial charge >= 0.3 is 0 Å². The van der Waals surface area contributed by atoms with Crippen LogP contribution in [0.4, 0.5) is 5.69 Å². The molecule has 0 saturated carbocycles. The molecule has 4 aromatic rings. The first kappa shape index (κ1) is 16.2. The molecule has 0 aliphatic rings. The number of aryl methyl sites for hydroxylation is 1. The number of amides is 1. The second kappa shape index (κ2) is 6.56. The monoisotopic (exact) mass is 341 g/mol. The maximum atomic E-state index is 13.2. The van der Waals surface area contributed by atoms with Gasteiger partial charge in [-0.05, 0) is 49.2 Å². The fraction of sp³-hybridized carbons (Fsp3) is 0.136. The molecule has 2 heterocycles. The number of benzene rings is 2. The predicted molar refractivity (Wildman–Crippen MR) is 106 cm³/mol. The summed E-state index contributed by atoms with van der Waals surface area (Å²) < 4.78 is 0. The number of pyridine rings is 2. The van der Waals surface area contributed by atoms with Crippen LogP contribution in [0.1, 0.15) is 28.5 Å². The SMILES string of the molecule is CCc1nc2ccccc2c(C(=O)Nc2cccc3ncccc23)c1C. The lowest BCUT2D eigenvalue weighted by molar-refractivity contribution is 0.102. The molecule has 4 nitrogen and oxygen atoms in total. The number of carbonyl (C=O) groups is 1. The van der Waals surface area contributed by atoms with Crippen LogP contribution in [0.2, 0.25) is 0 Å². The summed E-state index contributed by atoms with van der Waals surface area (Å²) in [5.74, 6) is -0.118. The molecule has 2 aromatic heterocycles. The van der Waals surface area contributed by atoms with E-state index < -0.39 is 0 Å². The summed E-state index contributed by atoms with van der Waals surface area (Å²) in [5, 5.41) is 4.88. The zero-order chi connectivity index (χ0) is 18.1. The van der Waals surface area contributed by atoms with E-state index in [1.807, 2.05) is 61.5 Å². The number of nitrogens with zero attached hydrogens (tertiary/aromatic N) is 2. The third kappa shape index (κ3) is 2.69. The van der Waals surface area contributed by atoms with Gasteiger partial charge in [0.25, 0.3) is 5.91 Å². The Labute approximate surface area is 151 Å². The summed E-state index contributed by atoms with van der Waals surface area (Å²) in [4.78, 5) is 22.3. The average molecular weight is 341 g/mol. The lowest BCUT2D eigenvalue weighted by Gasteiger charge is -2.14. The highest BCUT2D eigenvalue weighted by atomic mass is 16.1. The van der Waals surface area contributed by atoms with E-state index in [9.17, 15) is 4.79 Å². The van der Waals surface area contributed by atoms with E-state index in [0.717, 1.165) is 45.2 Å². The molecule has 0 saturated heterocycles. The van der Waals surface area contributed by atoms with Crippen LogP contribution >= 0.6 is 0 Å². The van der Waals surface area contributed by atoms with Gasteiger partial charge in [0.05, 0.1) is 22.3 Å². The fourth-order valence-electron chi connectivity index (χ4n) is 3.39. The molecule has 0 fully saturated rings. The largest absolute Gasteiger partial charge is 0.321 e. The molecule has 0 spiro atoms. The molecule has 0 radical (unpaired) electrons. The zero-order valence-electron chi connectivity index (χ0n) is 14.8. The quantitative estimate of drug-likeness (QED) is 0.576. The van der Waals surface area contributed by atoms with Gasteiger partial charge in [0.2, 0.25) is 0 Å². The molecule has 4 rings (SSSR count). The highest BCUT2D eigenvalue weighted by molar-refractivity contribution is 6.15. The first-order valence-corrected chi connectivity index (χ1v) is 8.72. The van der Waals surface area contributed by atoms with E-state index in [4.69, 9.17) is 4.98 Å². The number of hydrogen-bond donors (Lipinski definition) is 1. The summed E-state index contributed by atoms with van der Waals surface area (Å²) in [6.45, 7) is 4.03. The van der Waals surface area contributed by atoms with Crippen molar-refractivity contribution in [1.82, 2.24) is 9.97 Å². The number of anilines is 1. The van der Waals surface area contributed by atoms with E-state index in [2.05, 4.69) is 17.2 Å². The van der Waals surface area contributed by atoms with Gasteiger partial charge in [0.1, 0.15) is 0 Å². The highest BCUT2D eigenvalue weighted by Gasteiger charge is 2.18. The Morgan fingerprint density at radius 1 is 0.962 bits per heavy atom. The van der Waals surface area contributed by atoms with Gasteiger partial charge in [-0.25, -0.2) is 0 Å². The van der Waals surface area contributed by atoms with E-state index in [1.165, 1.54) is 0 Å². The van der Waals surface area contributed by atoms with Crippen molar-refractivity contribution >= 4 is 33.4 Å². The van der Waals surface area contributed by atoms with E-state index in [1.54, 1.807) is 6.20 Å². The van der Waals surface area contributed by atoms with Crippen molar-refractivity contribution in [2.45, 2.75) is 20.3 Å². The normalized spacial score (nSPS) is 11.0. The first-order valence-electron chi connectivity index (χ1n) is 8.72. The number of carbonyl (C=O) groups excluding carboxylic acids is 1. The predicted octanol–water partition coefficient (Wildman–Crippen LogP) is 4.91.